The Labute approximate surface area is 241 Å². The lowest BCUT2D eigenvalue weighted by molar-refractivity contribution is -0.137. The molecule has 1 aliphatic rings. The summed E-state index contributed by atoms with van der Waals surface area (Å²) in [4.78, 5) is 0. The van der Waals surface area contributed by atoms with Crippen LogP contribution in [-0.4, -0.2) is 64.3 Å². The third-order valence-corrected chi connectivity index (χ3v) is 13.2. The van der Waals surface area contributed by atoms with Gasteiger partial charge >= 0.3 is 0 Å². The molecule has 0 radical (unpaired) electrons. The molecule has 214 valence electrons. The first-order valence-electron chi connectivity index (χ1n) is 13.5. The molecule has 1 heterocycles. The molecule has 5 atom stereocenters. The zero-order chi connectivity index (χ0) is 28.4. The van der Waals surface area contributed by atoms with Crippen molar-refractivity contribution < 1.29 is 23.4 Å². The Bertz CT molecular complexity index is 799. The summed E-state index contributed by atoms with van der Waals surface area (Å²) >= 11 is 2.41. The number of ether oxygens (including phenoxy) is 4. The molecule has 0 bridgehead atoms. The molecule has 0 amide bonds. The Morgan fingerprint density at radius 2 is 1.86 bits per heavy atom. The molecule has 8 heteroatoms. The van der Waals surface area contributed by atoms with E-state index in [1.807, 2.05) is 13.8 Å². The number of halogens is 1. The van der Waals surface area contributed by atoms with Crippen LogP contribution in [0.1, 0.15) is 68.2 Å². The van der Waals surface area contributed by atoms with Gasteiger partial charge in [-0.3, -0.25) is 0 Å². The van der Waals surface area contributed by atoms with E-state index in [0.29, 0.717) is 19.8 Å². The van der Waals surface area contributed by atoms with Gasteiger partial charge in [0.15, 0.2) is 20.7 Å². The SMILES string of the molecule is CCOCCOC(C#N)/C(C)=C/CC/C(C)=C/[C@H](O[Si](C)(C)C(C)(C)C)[C@@H]1[C@@H](OC)O[C@@H](CI)C1(C)C. The van der Waals surface area contributed by atoms with E-state index in [1.165, 1.54) is 5.57 Å². The first-order chi connectivity index (χ1) is 17.2. The molecule has 0 N–H and O–H groups in total. The highest BCUT2D eigenvalue weighted by atomic mass is 127. The Morgan fingerprint density at radius 3 is 2.38 bits per heavy atom. The molecular weight excluding hydrogens is 597 g/mol. The van der Waals surface area contributed by atoms with Gasteiger partial charge in [-0.25, -0.2) is 0 Å². The predicted molar refractivity (Wildman–Crippen MR) is 162 cm³/mol. The van der Waals surface area contributed by atoms with Gasteiger partial charge < -0.3 is 23.4 Å². The van der Waals surface area contributed by atoms with Crippen LogP contribution in [0.4, 0.5) is 0 Å². The fourth-order valence-corrected chi connectivity index (χ4v) is 6.96. The second-order valence-corrected chi connectivity index (χ2v) is 17.8. The van der Waals surface area contributed by atoms with Crippen molar-refractivity contribution in [2.75, 3.05) is 31.4 Å². The minimum Gasteiger partial charge on any atom is -0.410 e. The van der Waals surface area contributed by atoms with Crippen LogP contribution in [0.5, 0.6) is 0 Å². The number of rotatable bonds is 15. The zero-order valence-corrected chi connectivity index (χ0v) is 28.3. The topological polar surface area (TPSA) is 69.9 Å². The van der Waals surface area contributed by atoms with Gasteiger partial charge in [0.25, 0.3) is 0 Å². The molecule has 0 saturated carbocycles. The smallest absolute Gasteiger partial charge is 0.192 e. The van der Waals surface area contributed by atoms with Gasteiger partial charge in [0, 0.05) is 29.5 Å². The Morgan fingerprint density at radius 1 is 1.22 bits per heavy atom. The number of nitriles is 1. The van der Waals surface area contributed by atoms with Crippen molar-refractivity contribution in [1.82, 2.24) is 0 Å². The Balaban J connectivity index is 3.12. The molecule has 6 nitrogen and oxygen atoms in total. The summed E-state index contributed by atoms with van der Waals surface area (Å²) < 4.78 is 31.2. The third-order valence-electron chi connectivity index (χ3n) is 7.94. The molecule has 37 heavy (non-hydrogen) atoms. The van der Waals surface area contributed by atoms with Gasteiger partial charge in [0.2, 0.25) is 0 Å². The summed E-state index contributed by atoms with van der Waals surface area (Å²) in [5.74, 6) is 0.0836. The van der Waals surface area contributed by atoms with Gasteiger partial charge in [-0.05, 0) is 57.3 Å². The largest absolute Gasteiger partial charge is 0.410 e. The van der Waals surface area contributed by atoms with Crippen LogP contribution in [0, 0.1) is 22.7 Å². The van der Waals surface area contributed by atoms with E-state index in [9.17, 15) is 5.26 Å². The first-order valence-corrected chi connectivity index (χ1v) is 17.9. The van der Waals surface area contributed by atoms with Gasteiger partial charge in [-0.2, -0.15) is 5.26 Å². The van der Waals surface area contributed by atoms with E-state index in [0.717, 1.165) is 22.8 Å². The Hall–Kier alpha value is -0.283. The minimum absolute atomic E-state index is 0.0836. The third kappa shape index (κ3) is 10.0. The van der Waals surface area contributed by atoms with E-state index >= 15 is 0 Å². The van der Waals surface area contributed by atoms with Crippen molar-refractivity contribution in [3.63, 3.8) is 0 Å². The summed E-state index contributed by atoms with van der Waals surface area (Å²) in [6, 6.07) is 2.25. The second-order valence-electron chi connectivity index (χ2n) is 12.1. The number of alkyl halides is 1. The monoisotopic (exact) mass is 649 g/mol. The molecule has 1 rings (SSSR count). The van der Waals surface area contributed by atoms with Crippen LogP contribution >= 0.6 is 22.6 Å². The molecule has 0 aromatic carbocycles. The van der Waals surface area contributed by atoms with Crippen LogP contribution in [0.15, 0.2) is 23.3 Å². The maximum Gasteiger partial charge on any atom is 0.192 e. The molecule has 1 unspecified atom stereocenters. The van der Waals surface area contributed by atoms with Crippen molar-refractivity contribution in [2.45, 2.75) is 111 Å². The number of hydrogen-bond donors (Lipinski definition) is 0. The molecule has 0 aromatic rings. The lowest BCUT2D eigenvalue weighted by atomic mass is 9.73. The molecular formula is C29H52INO5Si. The quantitative estimate of drug-likeness (QED) is 0.0604. The van der Waals surface area contributed by atoms with Crippen molar-refractivity contribution in [3.8, 4) is 6.07 Å². The molecule has 0 aliphatic carbocycles. The lowest BCUT2D eigenvalue weighted by Gasteiger charge is -2.43. The number of hydrogen-bond acceptors (Lipinski definition) is 6. The van der Waals surface area contributed by atoms with E-state index in [1.54, 1.807) is 7.11 Å². The first kappa shape index (κ1) is 34.7. The average molecular weight is 650 g/mol. The molecule has 1 fully saturated rings. The predicted octanol–water partition coefficient (Wildman–Crippen LogP) is 7.44. The molecule has 0 spiro atoms. The van der Waals surface area contributed by atoms with Crippen molar-refractivity contribution >= 4 is 30.9 Å². The fraction of sp³-hybridized carbons (Fsp3) is 0.828. The standard InChI is InChI=1S/C29H52INO5Si/c1-12-33-16-17-34-24(20-31)22(3)15-13-14-21(2)18-23(36-37(10,11)28(4,5)6)26-27(32-9)35-25(19-30)29(26,7)8/h15,18,23-27H,12-14,16-17,19H2,1-11H3/b21-18+,22-15+/t23-,24?,25-,26+,27-/m0/s1. The van der Waals surface area contributed by atoms with Crippen LogP contribution in [0.2, 0.25) is 18.1 Å². The number of allylic oxidation sites excluding steroid dienone is 2. The summed E-state index contributed by atoms with van der Waals surface area (Å²) in [5, 5.41) is 9.60. The number of methoxy groups -OCH3 is 1. The van der Waals surface area contributed by atoms with Gasteiger partial charge in [0.05, 0.1) is 31.5 Å². The minimum atomic E-state index is -2.06. The highest BCUT2D eigenvalue weighted by Gasteiger charge is 2.55. The van der Waals surface area contributed by atoms with E-state index in [2.05, 4.69) is 95.4 Å². The summed E-state index contributed by atoms with van der Waals surface area (Å²) in [5.41, 5.74) is 2.11. The van der Waals surface area contributed by atoms with Crippen molar-refractivity contribution in [1.29, 1.82) is 5.26 Å². The zero-order valence-electron chi connectivity index (χ0n) is 25.2. The molecule has 0 aromatic heterocycles. The van der Waals surface area contributed by atoms with Gasteiger partial charge in [-0.1, -0.05) is 74.9 Å². The van der Waals surface area contributed by atoms with Gasteiger partial charge in [-0.15, -0.1) is 0 Å². The summed E-state index contributed by atoms with van der Waals surface area (Å²) in [6.07, 6.45) is 5.30. The average Bonchev–Trinajstić information content (AvgIpc) is 3.06. The lowest BCUT2D eigenvalue weighted by Crippen LogP contribution is -2.49. The van der Waals surface area contributed by atoms with Crippen molar-refractivity contribution in [3.05, 3.63) is 23.3 Å². The second kappa shape index (κ2) is 15.5. The maximum atomic E-state index is 9.51. The van der Waals surface area contributed by atoms with E-state index in [-0.39, 0.29) is 34.9 Å². The maximum absolute atomic E-state index is 9.51. The van der Waals surface area contributed by atoms with E-state index in [4.69, 9.17) is 23.4 Å². The highest BCUT2D eigenvalue weighted by molar-refractivity contribution is 14.1. The number of nitrogens with zero attached hydrogens (tertiary/aromatic N) is 1. The molecule has 1 aliphatic heterocycles. The normalized spacial score (nSPS) is 24.7. The van der Waals surface area contributed by atoms with Crippen LogP contribution < -0.4 is 0 Å². The summed E-state index contributed by atoms with van der Waals surface area (Å²) in [6.45, 7) is 23.7. The fourth-order valence-electron chi connectivity index (χ4n) is 4.37. The van der Waals surface area contributed by atoms with Crippen LogP contribution in [-0.2, 0) is 23.4 Å². The van der Waals surface area contributed by atoms with Crippen LogP contribution in [0.25, 0.3) is 0 Å². The Kier molecular flexibility index (Phi) is 14.5. The van der Waals surface area contributed by atoms with E-state index < -0.39 is 14.4 Å². The van der Waals surface area contributed by atoms with Crippen molar-refractivity contribution in [2.24, 2.45) is 11.3 Å². The van der Waals surface area contributed by atoms with Gasteiger partial charge in [0.1, 0.15) is 0 Å². The summed E-state index contributed by atoms with van der Waals surface area (Å²) in [7, 11) is -0.325. The highest BCUT2D eigenvalue weighted by Crippen LogP contribution is 2.49. The molecule has 1 saturated heterocycles. The van der Waals surface area contributed by atoms with Crippen LogP contribution in [0.3, 0.4) is 0 Å².